The standard InChI is InChI=1S/C22H36O19/c1-34-16-11(26)15(30)22(41-17(16)18(31)32)40-7-4-37-21(14(29)10(7)25)39-6-3-36-20(13(28)9(6)24)38-5-2-35-19(33)12(27)8(5)23/h5-17,19-30,33H,2-4H2,1H3,(H,31,32)/t5-,6-,7-,8+,9+,10+,11-,12-,13-,14-,15-,16+,17+,19?,20+,21+,22-/m1/s1. The van der Waals surface area contributed by atoms with E-state index in [1.165, 1.54) is 0 Å². The van der Waals surface area contributed by atoms with Gasteiger partial charge in [0.05, 0.1) is 19.8 Å². The Kier molecular flexibility index (Phi) is 10.9. The van der Waals surface area contributed by atoms with Crippen molar-refractivity contribution in [2.24, 2.45) is 0 Å². The first kappa shape index (κ1) is 32.7. The Balaban J connectivity index is 1.30. The molecule has 238 valence electrons. The maximum absolute atomic E-state index is 11.5. The van der Waals surface area contributed by atoms with Crippen molar-refractivity contribution in [1.82, 2.24) is 0 Å². The molecule has 4 aliphatic rings. The van der Waals surface area contributed by atoms with Gasteiger partial charge in [0.15, 0.2) is 31.3 Å². The Morgan fingerprint density at radius 2 is 1.00 bits per heavy atom. The van der Waals surface area contributed by atoms with E-state index < -0.39 is 124 Å². The fourth-order valence-electron chi connectivity index (χ4n) is 4.84. The zero-order valence-corrected chi connectivity index (χ0v) is 21.6. The largest absolute Gasteiger partial charge is 0.479 e. The summed E-state index contributed by atoms with van der Waals surface area (Å²) < 4.78 is 42.0. The van der Waals surface area contributed by atoms with Gasteiger partial charge in [-0.3, -0.25) is 0 Å². The third-order valence-corrected chi connectivity index (χ3v) is 7.31. The molecule has 1 unspecified atom stereocenters. The lowest BCUT2D eigenvalue weighted by Gasteiger charge is -2.45. The Morgan fingerprint density at radius 1 is 0.585 bits per heavy atom. The number of aliphatic carboxylic acids is 1. The third-order valence-electron chi connectivity index (χ3n) is 7.31. The maximum atomic E-state index is 11.5. The molecule has 17 atom stereocenters. The molecule has 41 heavy (non-hydrogen) atoms. The Labute approximate surface area is 231 Å². The zero-order chi connectivity index (χ0) is 30.2. The first-order chi connectivity index (χ1) is 19.3. The first-order valence-corrected chi connectivity index (χ1v) is 12.7. The fourth-order valence-corrected chi connectivity index (χ4v) is 4.84. The molecule has 0 spiro atoms. The van der Waals surface area contributed by atoms with Crippen molar-refractivity contribution in [3.05, 3.63) is 0 Å². The molecule has 0 aliphatic carbocycles. The SMILES string of the molecule is CO[C@H]1[C@H](O)[C@@H](O)[C@H](O[C@@H]2CO[C@@H](O[C@@H]3CO[C@@H](O[C@@H]4COC(O)[C@H](O)[C@H]4O)[C@H](O)[C@H]3O)[C@H](O)[C@H]2O)O[C@@H]1C(=O)O. The van der Waals surface area contributed by atoms with Crippen LogP contribution < -0.4 is 0 Å². The van der Waals surface area contributed by atoms with Gasteiger partial charge in [-0.1, -0.05) is 0 Å². The summed E-state index contributed by atoms with van der Waals surface area (Å²) in [7, 11) is 1.12. The highest BCUT2D eigenvalue weighted by Crippen LogP contribution is 2.30. The number of aliphatic hydroxyl groups excluding tert-OH is 9. The van der Waals surface area contributed by atoms with Crippen LogP contribution in [0.25, 0.3) is 0 Å². The van der Waals surface area contributed by atoms with E-state index in [4.69, 9.17) is 37.9 Å². The average molecular weight is 605 g/mol. The number of aliphatic hydroxyl groups is 9. The van der Waals surface area contributed by atoms with E-state index in [9.17, 15) is 55.9 Å². The molecular weight excluding hydrogens is 568 g/mol. The highest BCUT2D eigenvalue weighted by Gasteiger charge is 2.52. The van der Waals surface area contributed by atoms with Crippen LogP contribution in [0.1, 0.15) is 0 Å². The van der Waals surface area contributed by atoms with Crippen LogP contribution in [0.4, 0.5) is 0 Å². The molecule has 4 saturated heterocycles. The summed E-state index contributed by atoms with van der Waals surface area (Å²) in [5, 5.41) is 101. The van der Waals surface area contributed by atoms with Gasteiger partial charge in [0.25, 0.3) is 0 Å². The molecule has 19 nitrogen and oxygen atoms in total. The monoisotopic (exact) mass is 604 g/mol. The molecule has 0 aromatic rings. The van der Waals surface area contributed by atoms with Crippen molar-refractivity contribution in [1.29, 1.82) is 0 Å². The molecule has 4 fully saturated rings. The van der Waals surface area contributed by atoms with Crippen LogP contribution in [-0.2, 0) is 42.7 Å². The Bertz CT molecular complexity index is 865. The van der Waals surface area contributed by atoms with Gasteiger partial charge in [-0.05, 0) is 0 Å². The van der Waals surface area contributed by atoms with E-state index in [1.807, 2.05) is 0 Å². The molecule has 0 aromatic heterocycles. The third kappa shape index (κ3) is 6.81. The van der Waals surface area contributed by atoms with Gasteiger partial charge in [0, 0.05) is 7.11 Å². The minimum absolute atomic E-state index is 0.350. The number of carbonyl (C=O) groups is 1. The van der Waals surface area contributed by atoms with Gasteiger partial charge < -0.3 is 89.0 Å². The van der Waals surface area contributed by atoms with E-state index in [0.717, 1.165) is 7.11 Å². The molecule has 4 rings (SSSR count). The minimum Gasteiger partial charge on any atom is -0.479 e. The van der Waals surface area contributed by atoms with Crippen LogP contribution in [0.3, 0.4) is 0 Å². The van der Waals surface area contributed by atoms with Crippen molar-refractivity contribution in [3.63, 3.8) is 0 Å². The van der Waals surface area contributed by atoms with Crippen molar-refractivity contribution >= 4 is 5.97 Å². The van der Waals surface area contributed by atoms with Crippen molar-refractivity contribution in [2.45, 2.75) is 105 Å². The lowest BCUT2D eigenvalue weighted by atomic mass is 9.98. The molecule has 0 saturated carbocycles. The summed E-state index contributed by atoms with van der Waals surface area (Å²) in [6.07, 6.45) is -27.3. The molecule has 0 aromatic carbocycles. The number of carboxylic acid groups (broad SMARTS) is 1. The summed E-state index contributed by atoms with van der Waals surface area (Å²) in [5.41, 5.74) is 0. The van der Waals surface area contributed by atoms with Crippen LogP contribution in [-0.4, -0.2) is 188 Å². The molecule has 0 bridgehead atoms. The van der Waals surface area contributed by atoms with E-state index in [2.05, 4.69) is 0 Å². The predicted molar refractivity (Wildman–Crippen MR) is 121 cm³/mol. The lowest BCUT2D eigenvalue weighted by molar-refractivity contribution is -0.360. The number of ether oxygens (including phenoxy) is 8. The second kappa shape index (κ2) is 13.6. The Hall–Kier alpha value is -1.21. The van der Waals surface area contributed by atoms with Crippen molar-refractivity contribution in [2.75, 3.05) is 26.9 Å². The van der Waals surface area contributed by atoms with Crippen LogP contribution in [0.15, 0.2) is 0 Å². The number of carboxylic acids is 1. The lowest BCUT2D eigenvalue weighted by Crippen LogP contribution is -2.64. The summed E-state index contributed by atoms with van der Waals surface area (Å²) in [4.78, 5) is 11.5. The molecule has 4 heterocycles. The average Bonchev–Trinajstić information content (AvgIpc) is 2.94. The molecule has 0 amide bonds. The normalized spacial score (nSPS) is 51.3. The van der Waals surface area contributed by atoms with Crippen LogP contribution in [0.5, 0.6) is 0 Å². The van der Waals surface area contributed by atoms with Gasteiger partial charge in [0.1, 0.15) is 73.2 Å². The summed E-state index contributed by atoms with van der Waals surface area (Å²) in [6.45, 7) is -1.25. The number of methoxy groups -OCH3 is 1. The molecule has 10 N–H and O–H groups in total. The maximum Gasteiger partial charge on any atom is 0.335 e. The van der Waals surface area contributed by atoms with Crippen molar-refractivity contribution in [3.8, 4) is 0 Å². The van der Waals surface area contributed by atoms with E-state index in [1.54, 1.807) is 0 Å². The van der Waals surface area contributed by atoms with Crippen LogP contribution in [0.2, 0.25) is 0 Å². The zero-order valence-electron chi connectivity index (χ0n) is 21.6. The fraction of sp³-hybridized carbons (Fsp3) is 0.955. The van der Waals surface area contributed by atoms with Gasteiger partial charge in [0.2, 0.25) is 0 Å². The molecule has 0 radical (unpaired) electrons. The van der Waals surface area contributed by atoms with Gasteiger partial charge in [-0.25, -0.2) is 4.79 Å². The van der Waals surface area contributed by atoms with Crippen molar-refractivity contribution < 1.29 is 93.8 Å². The van der Waals surface area contributed by atoms with E-state index in [0.29, 0.717) is 0 Å². The van der Waals surface area contributed by atoms with Gasteiger partial charge in [-0.2, -0.15) is 0 Å². The first-order valence-electron chi connectivity index (χ1n) is 12.7. The van der Waals surface area contributed by atoms with Crippen LogP contribution >= 0.6 is 0 Å². The smallest absolute Gasteiger partial charge is 0.335 e. The number of hydrogen-bond acceptors (Lipinski definition) is 18. The van der Waals surface area contributed by atoms with E-state index >= 15 is 0 Å². The molecule has 4 aliphatic heterocycles. The Morgan fingerprint density at radius 3 is 1.46 bits per heavy atom. The number of rotatable bonds is 8. The van der Waals surface area contributed by atoms with Crippen LogP contribution in [0, 0.1) is 0 Å². The van der Waals surface area contributed by atoms with Gasteiger partial charge >= 0.3 is 5.97 Å². The second-order valence-corrected chi connectivity index (χ2v) is 10.0. The second-order valence-electron chi connectivity index (χ2n) is 10.0. The number of hydrogen-bond donors (Lipinski definition) is 10. The molecular formula is C22H36O19. The quantitative estimate of drug-likeness (QED) is 0.123. The predicted octanol–water partition coefficient (Wildman–Crippen LogP) is -7.09. The summed E-state index contributed by atoms with van der Waals surface area (Å²) in [5.74, 6) is -1.51. The topological polar surface area (TPSA) is 293 Å². The van der Waals surface area contributed by atoms with Gasteiger partial charge in [-0.15, -0.1) is 0 Å². The highest BCUT2D eigenvalue weighted by molar-refractivity contribution is 5.73. The molecule has 19 heteroatoms. The summed E-state index contributed by atoms with van der Waals surface area (Å²) in [6, 6.07) is 0. The van der Waals surface area contributed by atoms with E-state index in [-0.39, 0.29) is 6.61 Å². The summed E-state index contributed by atoms with van der Waals surface area (Å²) >= 11 is 0. The highest BCUT2D eigenvalue weighted by atomic mass is 16.8. The minimum atomic E-state index is -1.82.